The lowest BCUT2D eigenvalue weighted by Crippen LogP contribution is -2.60. The number of carbonyl (C=O) groups is 8. The molecule has 0 bridgehead atoms. The number of carboxylic acids is 1. The summed E-state index contributed by atoms with van der Waals surface area (Å²) in [7, 11) is 0. The first-order valence-corrected chi connectivity index (χ1v) is 26.2. The molecule has 1 aliphatic rings. The maximum Gasteiger partial charge on any atom is 0.326 e. The van der Waals surface area contributed by atoms with E-state index in [0.717, 1.165) is 0 Å². The van der Waals surface area contributed by atoms with E-state index < -0.39 is 95.7 Å². The van der Waals surface area contributed by atoms with Gasteiger partial charge in [-0.05, 0) is 153 Å². The Labute approximate surface area is 417 Å². The molecule has 0 aliphatic carbocycles. The van der Waals surface area contributed by atoms with Gasteiger partial charge in [0.05, 0.1) is 6.04 Å². The van der Waals surface area contributed by atoms with Gasteiger partial charge < -0.3 is 81.6 Å². The van der Waals surface area contributed by atoms with E-state index in [9.17, 15) is 43.5 Å². The van der Waals surface area contributed by atoms with Crippen LogP contribution in [0.3, 0.4) is 0 Å². The van der Waals surface area contributed by atoms with Gasteiger partial charge in [-0.1, -0.05) is 13.8 Å². The Balaban J connectivity index is 3.49. The highest BCUT2D eigenvalue weighted by Crippen LogP contribution is 2.20. The molecule has 0 aromatic heterocycles. The third kappa shape index (κ3) is 24.3. The number of likely N-dealkylation sites (tertiary alicyclic amines) is 1. The SMILES string of the molecule is CSCCC(N)C(=O)N1CCCC1C(=O)NC(CCCCN)C(=O)NC(CCCCN)C(=O)NC(CCCCN)C(=O)NC(CCCNC(=N)N)C(=O)NC(CCCCN)C(=O)NC(C(=O)O)C(C)C. The molecule has 1 saturated heterocycles. The van der Waals surface area contributed by atoms with E-state index in [1.165, 1.54) is 4.90 Å². The van der Waals surface area contributed by atoms with E-state index in [2.05, 4.69) is 37.2 Å². The molecule has 0 spiro atoms. The molecule has 1 aliphatic heterocycles. The van der Waals surface area contributed by atoms with E-state index in [0.29, 0.717) is 103 Å². The lowest BCUT2D eigenvalue weighted by Gasteiger charge is -2.29. The number of nitrogens with two attached hydrogens (primary N) is 6. The molecule has 8 atom stereocenters. The summed E-state index contributed by atoms with van der Waals surface area (Å²) in [6.07, 6.45) is 7.80. The molecule has 1 fully saturated rings. The number of nitrogens with zero attached hydrogens (tertiary/aromatic N) is 1. The number of aliphatic carboxylic acids is 1. The van der Waals surface area contributed by atoms with Crippen LogP contribution >= 0.6 is 11.8 Å². The van der Waals surface area contributed by atoms with Crippen LogP contribution in [0, 0.1) is 11.3 Å². The molecule has 1 rings (SSSR count). The predicted octanol–water partition coefficient (Wildman–Crippen LogP) is -2.51. The Kier molecular flexibility index (Phi) is 32.6. The Hall–Kier alpha value is -4.82. The van der Waals surface area contributed by atoms with Crippen molar-refractivity contribution in [3.63, 3.8) is 0 Å². The number of carbonyl (C=O) groups excluding carboxylic acids is 7. The summed E-state index contributed by atoms with van der Waals surface area (Å²) in [5.74, 6) is -5.82. The zero-order valence-electron chi connectivity index (χ0n) is 41.7. The molecule has 402 valence electrons. The van der Waals surface area contributed by atoms with Crippen LogP contribution in [0.5, 0.6) is 0 Å². The summed E-state index contributed by atoms with van der Waals surface area (Å²) in [4.78, 5) is 111. The number of nitrogens with one attached hydrogen (secondary N) is 8. The van der Waals surface area contributed by atoms with Crippen molar-refractivity contribution in [1.82, 2.24) is 42.1 Å². The predicted molar refractivity (Wildman–Crippen MR) is 271 cm³/mol. The molecular formula is C45H87N15O9S. The number of amides is 7. The summed E-state index contributed by atoms with van der Waals surface area (Å²) < 4.78 is 0. The Morgan fingerprint density at radius 3 is 1.36 bits per heavy atom. The standard InChI is InChI=1S/C45H87N15O9S/c1-28(2)36(44(68)69)59-41(65)33(17-7-11-24-49)56-40(64)34(18-12-25-53-45(51)52)57-38(62)31(15-5-9-22-47)54-37(61)30(14-4-8-21-46)55-39(63)32(16-6-10-23-48)58-42(66)35-19-13-26-60(35)43(67)29(50)20-27-70-3/h28-36H,4-27,46-50H2,1-3H3,(H,54,61)(H,55,63)(H,56,64)(H,57,62)(H,58,66)(H,59,65)(H,68,69)(H4,51,52,53). The van der Waals surface area contributed by atoms with Crippen LogP contribution in [-0.2, 0) is 38.4 Å². The minimum atomic E-state index is -1.28. The summed E-state index contributed by atoms with van der Waals surface area (Å²) in [6, 6.07) is -8.86. The van der Waals surface area contributed by atoms with Gasteiger partial charge in [0.15, 0.2) is 5.96 Å². The fourth-order valence-corrected chi connectivity index (χ4v) is 8.34. The van der Waals surface area contributed by atoms with Gasteiger partial charge in [-0.25, -0.2) is 4.79 Å². The largest absolute Gasteiger partial charge is 0.480 e. The first kappa shape index (κ1) is 63.2. The van der Waals surface area contributed by atoms with Gasteiger partial charge in [0.1, 0.15) is 42.3 Å². The average molecular weight is 1010 g/mol. The van der Waals surface area contributed by atoms with Crippen molar-refractivity contribution in [3.05, 3.63) is 0 Å². The fraction of sp³-hybridized carbons (Fsp3) is 0.800. The molecule has 70 heavy (non-hydrogen) atoms. The average Bonchev–Trinajstić information content (AvgIpc) is 3.82. The summed E-state index contributed by atoms with van der Waals surface area (Å²) in [5.41, 5.74) is 34.7. The second-order valence-corrected chi connectivity index (χ2v) is 19.1. The molecule has 8 unspecified atom stereocenters. The zero-order chi connectivity index (χ0) is 52.6. The Morgan fingerprint density at radius 2 is 1.00 bits per heavy atom. The van der Waals surface area contributed by atoms with Gasteiger partial charge in [0.25, 0.3) is 0 Å². The summed E-state index contributed by atoms with van der Waals surface area (Å²) >= 11 is 1.56. The molecule has 7 amide bonds. The van der Waals surface area contributed by atoms with E-state index >= 15 is 0 Å². The van der Waals surface area contributed by atoms with Gasteiger partial charge >= 0.3 is 5.97 Å². The van der Waals surface area contributed by atoms with Crippen molar-refractivity contribution in [2.45, 2.75) is 171 Å². The maximum absolute atomic E-state index is 14.3. The molecule has 25 heteroatoms. The van der Waals surface area contributed by atoms with Crippen molar-refractivity contribution >= 4 is 65.0 Å². The van der Waals surface area contributed by atoms with E-state index in [-0.39, 0.29) is 63.5 Å². The smallest absolute Gasteiger partial charge is 0.326 e. The van der Waals surface area contributed by atoms with Gasteiger partial charge in [-0.15, -0.1) is 0 Å². The van der Waals surface area contributed by atoms with Crippen LogP contribution in [0.2, 0.25) is 0 Å². The van der Waals surface area contributed by atoms with Crippen LogP contribution in [-0.4, -0.2) is 163 Å². The lowest BCUT2D eigenvalue weighted by atomic mass is 10.0. The van der Waals surface area contributed by atoms with Crippen LogP contribution in [0.25, 0.3) is 0 Å². The lowest BCUT2D eigenvalue weighted by molar-refractivity contribution is -0.143. The molecule has 0 aromatic carbocycles. The third-order valence-corrected chi connectivity index (χ3v) is 12.6. The van der Waals surface area contributed by atoms with Crippen LogP contribution in [0.4, 0.5) is 0 Å². The van der Waals surface area contributed by atoms with Crippen molar-refractivity contribution in [2.75, 3.05) is 51.3 Å². The number of rotatable bonds is 38. The minimum Gasteiger partial charge on any atom is -0.480 e. The number of unbranched alkanes of at least 4 members (excludes halogenated alkanes) is 4. The topological polar surface area (TPSA) is 424 Å². The highest BCUT2D eigenvalue weighted by atomic mass is 32.2. The normalized spacial score (nSPS) is 16.4. The second-order valence-electron chi connectivity index (χ2n) is 18.1. The fourth-order valence-electron chi connectivity index (χ4n) is 7.85. The van der Waals surface area contributed by atoms with Crippen LogP contribution in [0.1, 0.15) is 123 Å². The molecule has 0 saturated carbocycles. The number of carboxylic acid groups (broad SMARTS) is 1. The molecule has 0 aromatic rings. The van der Waals surface area contributed by atoms with Crippen molar-refractivity contribution < 1.29 is 43.5 Å². The first-order valence-electron chi connectivity index (χ1n) is 24.8. The summed E-state index contributed by atoms with van der Waals surface area (Å²) in [5, 5.41) is 36.2. The number of hydrogen-bond acceptors (Lipinski definition) is 15. The number of guanidine groups is 1. The summed E-state index contributed by atoms with van der Waals surface area (Å²) in [6.45, 7) is 5.01. The first-order chi connectivity index (χ1) is 33.4. The molecule has 1 heterocycles. The van der Waals surface area contributed by atoms with Gasteiger partial charge in [-0.3, -0.25) is 39.0 Å². The van der Waals surface area contributed by atoms with Crippen molar-refractivity contribution in [3.8, 4) is 0 Å². The van der Waals surface area contributed by atoms with Gasteiger partial charge in [0, 0.05) is 13.1 Å². The highest BCUT2D eigenvalue weighted by Gasteiger charge is 2.38. The Morgan fingerprint density at radius 1 is 0.614 bits per heavy atom. The van der Waals surface area contributed by atoms with Crippen molar-refractivity contribution in [1.29, 1.82) is 5.41 Å². The molecule has 24 nitrogen and oxygen atoms in total. The number of thioether (sulfide) groups is 1. The maximum atomic E-state index is 14.3. The second kappa shape index (κ2) is 36.2. The van der Waals surface area contributed by atoms with Crippen LogP contribution in [0.15, 0.2) is 0 Å². The third-order valence-electron chi connectivity index (χ3n) is 12.0. The van der Waals surface area contributed by atoms with Gasteiger partial charge in [0.2, 0.25) is 41.4 Å². The molecule has 0 radical (unpaired) electrons. The number of hydrogen-bond donors (Lipinski definition) is 15. The van der Waals surface area contributed by atoms with Crippen molar-refractivity contribution in [2.24, 2.45) is 40.3 Å². The van der Waals surface area contributed by atoms with Crippen LogP contribution < -0.4 is 71.6 Å². The van der Waals surface area contributed by atoms with E-state index in [1.807, 2.05) is 6.26 Å². The molecule has 21 N–H and O–H groups in total. The highest BCUT2D eigenvalue weighted by molar-refractivity contribution is 7.98. The minimum absolute atomic E-state index is 0.00512. The Bertz CT molecular complexity index is 1650. The van der Waals surface area contributed by atoms with E-state index in [4.69, 9.17) is 39.8 Å². The molecular weight excluding hydrogens is 927 g/mol. The quantitative estimate of drug-likeness (QED) is 0.0172. The zero-order valence-corrected chi connectivity index (χ0v) is 42.5. The van der Waals surface area contributed by atoms with E-state index in [1.54, 1.807) is 25.6 Å². The monoisotopic (exact) mass is 1010 g/mol. The van der Waals surface area contributed by atoms with Gasteiger partial charge in [-0.2, -0.15) is 11.8 Å².